The van der Waals surface area contributed by atoms with Crippen LogP contribution in [0, 0.1) is 11.8 Å². The Balaban J connectivity index is 2.13. The highest BCUT2D eigenvalue weighted by Crippen LogP contribution is 2.36. The molecule has 1 aromatic heterocycles. The minimum atomic E-state index is 0.405. The van der Waals surface area contributed by atoms with Gasteiger partial charge in [-0.15, -0.1) is 5.10 Å². The minimum absolute atomic E-state index is 0.405. The Kier molecular flexibility index (Phi) is 3.59. The molecule has 1 aliphatic rings. The van der Waals surface area contributed by atoms with Crippen LogP contribution in [-0.4, -0.2) is 22.0 Å². The summed E-state index contributed by atoms with van der Waals surface area (Å²) in [7, 11) is 4.01. The van der Waals surface area contributed by atoms with E-state index in [1.54, 1.807) is 0 Å². The van der Waals surface area contributed by atoms with Crippen molar-refractivity contribution in [1.82, 2.24) is 20.3 Å². The Hall–Kier alpha value is -0.900. The van der Waals surface area contributed by atoms with Crippen LogP contribution >= 0.6 is 0 Å². The predicted molar refractivity (Wildman–Crippen MR) is 63.9 cm³/mol. The number of hydrogen-bond acceptors (Lipinski definition) is 3. The van der Waals surface area contributed by atoms with E-state index in [-0.39, 0.29) is 0 Å². The van der Waals surface area contributed by atoms with Crippen molar-refractivity contribution in [3.05, 3.63) is 11.9 Å². The van der Waals surface area contributed by atoms with Gasteiger partial charge in [0.15, 0.2) is 0 Å². The molecule has 0 radical (unpaired) electrons. The molecule has 3 unspecified atom stereocenters. The first kappa shape index (κ1) is 11.6. The normalized spacial score (nSPS) is 27.9. The van der Waals surface area contributed by atoms with Crippen LogP contribution < -0.4 is 5.32 Å². The monoisotopic (exact) mass is 222 g/mol. The summed E-state index contributed by atoms with van der Waals surface area (Å²) in [6, 6.07) is 0.405. The number of aromatic nitrogens is 3. The fourth-order valence-electron chi connectivity index (χ4n) is 2.99. The van der Waals surface area contributed by atoms with Gasteiger partial charge in [-0.05, 0) is 31.7 Å². The van der Waals surface area contributed by atoms with Crippen molar-refractivity contribution < 1.29 is 0 Å². The topological polar surface area (TPSA) is 42.7 Å². The summed E-state index contributed by atoms with van der Waals surface area (Å²) in [5, 5.41) is 11.4. The largest absolute Gasteiger partial charge is 0.311 e. The summed E-state index contributed by atoms with van der Waals surface area (Å²) in [4.78, 5) is 0. The van der Waals surface area contributed by atoms with Crippen LogP contribution in [0.3, 0.4) is 0 Å². The third-order valence-corrected chi connectivity index (χ3v) is 3.83. The Morgan fingerprint density at radius 3 is 2.88 bits per heavy atom. The second-order valence-corrected chi connectivity index (χ2v) is 5.08. The lowest BCUT2D eigenvalue weighted by Crippen LogP contribution is -2.30. The van der Waals surface area contributed by atoms with E-state index >= 15 is 0 Å². The van der Waals surface area contributed by atoms with E-state index in [4.69, 9.17) is 0 Å². The van der Waals surface area contributed by atoms with E-state index in [2.05, 4.69) is 22.6 Å². The number of hydrogen-bond donors (Lipinski definition) is 1. The first-order valence-electron chi connectivity index (χ1n) is 6.24. The maximum atomic E-state index is 4.03. The maximum Gasteiger partial charge on any atom is 0.0755 e. The minimum Gasteiger partial charge on any atom is -0.311 e. The summed E-state index contributed by atoms with van der Waals surface area (Å²) in [6.45, 7) is 2.36. The molecule has 1 aliphatic carbocycles. The zero-order valence-electron chi connectivity index (χ0n) is 10.5. The van der Waals surface area contributed by atoms with Gasteiger partial charge in [0.25, 0.3) is 0 Å². The SMILES string of the molecule is CNC(c1cnnn1C)C1CCCC(C)C1. The molecule has 3 atom stereocenters. The highest BCUT2D eigenvalue weighted by Gasteiger charge is 2.28. The average molecular weight is 222 g/mol. The highest BCUT2D eigenvalue weighted by molar-refractivity contribution is 5.04. The summed E-state index contributed by atoms with van der Waals surface area (Å²) < 4.78 is 1.89. The molecule has 0 saturated heterocycles. The molecule has 0 bridgehead atoms. The van der Waals surface area contributed by atoms with Gasteiger partial charge < -0.3 is 5.32 Å². The van der Waals surface area contributed by atoms with Gasteiger partial charge in [0.2, 0.25) is 0 Å². The lowest BCUT2D eigenvalue weighted by atomic mass is 9.78. The smallest absolute Gasteiger partial charge is 0.0755 e. The molecule has 1 saturated carbocycles. The molecule has 0 aliphatic heterocycles. The summed E-state index contributed by atoms with van der Waals surface area (Å²) in [6.07, 6.45) is 7.27. The molecule has 0 aromatic carbocycles. The standard InChI is InChI=1S/C12H22N4/c1-9-5-4-6-10(7-9)12(13-2)11-8-14-15-16(11)3/h8-10,12-13H,4-7H2,1-3H3. The van der Waals surface area contributed by atoms with E-state index in [0.29, 0.717) is 6.04 Å². The average Bonchev–Trinajstić information content (AvgIpc) is 2.67. The Morgan fingerprint density at radius 2 is 2.31 bits per heavy atom. The van der Waals surface area contributed by atoms with Crippen molar-refractivity contribution in [2.75, 3.05) is 7.05 Å². The van der Waals surface area contributed by atoms with E-state index in [1.807, 2.05) is 25.0 Å². The number of aryl methyl sites for hydroxylation is 1. The van der Waals surface area contributed by atoms with Crippen molar-refractivity contribution in [2.24, 2.45) is 18.9 Å². The summed E-state index contributed by atoms with van der Waals surface area (Å²) in [5.74, 6) is 1.58. The molecule has 0 amide bonds. The zero-order valence-corrected chi connectivity index (χ0v) is 10.5. The predicted octanol–water partition coefficient (Wildman–Crippen LogP) is 1.90. The quantitative estimate of drug-likeness (QED) is 0.849. The van der Waals surface area contributed by atoms with E-state index < -0.39 is 0 Å². The summed E-state index contributed by atoms with van der Waals surface area (Å²) >= 11 is 0. The van der Waals surface area contributed by atoms with Crippen LogP contribution in [0.4, 0.5) is 0 Å². The lowest BCUT2D eigenvalue weighted by Gasteiger charge is -2.32. The third-order valence-electron chi connectivity index (χ3n) is 3.83. The van der Waals surface area contributed by atoms with Crippen LogP contribution in [0.15, 0.2) is 6.20 Å². The Bertz CT molecular complexity index is 334. The van der Waals surface area contributed by atoms with E-state index in [9.17, 15) is 0 Å². The van der Waals surface area contributed by atoms with Gasteiger partial charge in [-0.3, -0.25) is 4.68 Å². The van der Waals surface area contributed by atoms with Gasteiger partial charge in [-0.25, -0.2) is 0 Å². The molecular weight excluding hydrogens is 200 g/mol. The second kappa shape index (κ2) is 4.95. The molecule has 4 nitrogen and oxygen atoms in total. The van der Waals surface area contributed by atoms with Crippen LogP contribution in [0.25, 0.3) is 0 Å². The van der Waals surface area contributed by atoms with Crippen molar-refractivity contribution in [2.45, 2.75) is 38.6 Å². The van der Waals surface area contributed by atoms with Crippen LogP contribution in [0.2, 0.25) is 0 Å². The maximum absolute atomic E-state index is 4.03. The van der Waals surface area contributed by atoms with Gasteiger partial charge in [-0.1, -0.05) is 25.0 Å². The molecule has 1 N–H and O–H groups in total. The fraction of sp³-hybridized carbons (Fsp3) is 0.833. The Labute approximate surface area is 97.4 Å². The first-order chi connectivity index (χ1) is 7.72. The van der Waals surface area contributed by atoms with Gasteiger partial charge in [0, 0.05) is 7.05 Å². The van der Waals surface area contributed by atoms with Crippen molar-refractivity contribution in [1.29, 1.82) is 0 Å². The zero-order chi connectivity index (χ0) is 11.5. The third kappa shape index (κ3) is 2.26. The molecule has 90 valence electrons. The van der Waals surface area contributed by atoms with Gasteiger partial charge >= 0.3 is 0 Å². The molecule has 1 fully saturated rings. The molecule has 2 rings (SSSR count). The summed E-state index contributed by atoms with van der Waals surface area (Å²) in [5.41, 5.74) is 1.21. The van der Waals surface area contributed by atoms with E-state index in [1.165, 1.54) is 31.4 Å². The molecule has 16 heavy (non-hydrogen) atoms. The molecule has 1 aromatic rings. The van der Waals surface area contributed by atoms with Crippen LogP contribution in [0.5, 0.6) is 0 Å². The van der Waals surface area contributed by atoms with Crippen molar-refractivity contribution in [3.8, 4) is 0 Å². The van der Waals surface area contributed by atoms with Gasteiger partial charge in [-0.2, -0.15) is 0 Å². The second-order valence-electron chi connectivity index (χ2n) is 5.08. The van der Waals surface area contributed by atoms with E-state index in [0.717, 1.165) is 11.8 Å². The van der Waals surface area contributed by atoms with Crippen molar-refractivity contribution >= 4 is 0 Å². The lowest BCUT2D eigenvalue weighted by molar-refractivity contribution is 0.224. The van der Waals surface area contributed by atoms with Crippen molar-refractivity contribution in [3.63, 3.8) is 0 Å². The first-order valence-corrected chi connectivity index (χ1v) is 6.24. The Morgan fingerprint density at radius 1 is 1.50 bits per heavy atom. The van der Waals surface area contributed by atoms with Crippen LogP contribution in [0.1, 0.15) is 44.3 Å². The molecule has 0 spiro atoms. The molecule has 1 heterocycles. The number of nitrogens with zero attached hydrogens (tertiary/aromatic N) is 3. The number of nitrogens with one attached hydrogen (secondary N) is 1. The highest BCUT2D eigenvalue weighted by atomic mass is 15.4. The van der Waals surface area contributed by atoms with Gasteiger partial charge in [0.1, 0.15) is 0 Å². The van der Waals surface area contributed by atoms with Gasteiger partial charge in [0.05, 0.1) is 17.9 Å². The molecule has 4 heteroatoms. The fourth-order valence-corrected chi connectivity index (χ4v) is 2.99. The van der Waals surface area contributed by atoms with Crippen LogP contribution in [-0.2, 0) is 7.05 Å². The number of rotatable bonds is 3. The molecular formula is C12H22N4.